The van der Waals surface area contributed by atoms with Crippen LogP contribution >= 0.6 is 0 Å². The zero-order valence-corrected chi connectivity index (χ0v) is 14.4. The number of aryl methyl sites for hydroxylation is 1. The summed E-state index contributed by atoms with van der Waals surface area (Å²) >= 11 is 0. The van der Waals surface area contributed by atoms with Crippen LogP contribution in [0.4, 0.5) is 4.39 Å². The minimum absolute atomic E-state index is 0.124. The fourth-order valence-electron chi connectivity index (χ4n) is 3.01. The molecule has 134 valence electrons. The second kappa shape index (κ2) is 6.60. The van der Waals surface area contributed by atoms with E-state index in [9.17, 15) is 14.3 Å². The fraction of sp³-hybridized carbons (Fsp3) is 0.100. The van der Waals surface area contributed by atoms with Gasteiger partial charge in [0.1, 0.15) is 17.2 Å². The standard InChI is InChI=1S/C20H15FN4O2/c1-11-23-20(25-24-11)17-8-14(10-26)19(27)18-16(17)7-13(9-22-18)6-12-2-4-15(21)5-3-12/h2-5,7-10,27H,6H2,1H3,(H,23,24,25). The van der Waals surface area contributed by atoms with Crippen molar-refractivity contribution in [1.29, 1.82) is 0 Å². The molecule has 2 N–H and O–H groups in total. The van der Waals surface area contributed by atoms with Crippen LogP contribution in [0.1, 0.15) is 27.3 Å². The van der Waals surface area contributed by atoms with Gasteiger partial charge in [0.25, 0.3) is 0 Å². The molecule has 7 heteroatoms. The summed E-state index contributed by atoms with van der Waals surface area (Å²) in [7, 11) is 0. The quantitative estimate of drug-likeness (QED) is 0.542. The number of benzene rings is 2. The van der Waals surface area contributed by atoms with E-state index < -0.39 is 0 Å². The first-order valence-electron chi connectivity index (χ1n) is 8.29. The van der Waals surface area contributed by atoms with Crippen molar-refractivity contribution in [2.45, 2.75) is 13.3 Å². The third kappa shape index (κ3) is 3.15. The average molecular weight is 362 g/mol. The number of nitrogens with one attached hydrogen (secondary N) is 1. The predicted molar refractivity (Wildman–Crippen MR) is 98.1 cm³/mol. The highest BCUT2D eigenvalue weighted by atomic mass is 19.1. The zero-order valence-electron chi connectivity index (χ0n) is 14.4. The van der Waals surface area contributed by atoms with Crippen LogP contribution in [0.25, 0.3) is 22.3 Å². The Morgan fingerprint density at radius 2 is 1.96 bits per heavy atom. The van der Waals surface area contributed by atoms with E-state index in [4.69, 9.17) is 0 Å². The summed E-state index contributed by atoms with van der Waals surface area (Å²) in [6.07, 6.45) is 2.75. The highest BCUT2D eigenvalue weighted by Crippen LogP contribution is 2.34. The van der Waals surface area contributed by atoms with Gasteiger partial charge in [-0.1, -0.05) is 12.1 Å². The summed E-state index contributed by atoms with van der Waals surface area (Å²) in [5.41, 5.74) is 2.84. The number of fused-ring (bicyclic) bond motifs is 1. The molecule has 0 aliphatic carbocycles. The molecule has 0 atom stereocenters. The number of phenols is 1. The topological polar surface area (TPSA) is 91.8 Å². The molecule has 2 aromatic carbocycles. The number of nitrogens with zero attached hydrogens (tertiary/aromatic N) is 3. The molecule has 0 aliphatic rings. The van der Waals surface area contributed by atoms with Gasteiger partial charge in [-0.25, -0.2) is 9.37 Å². The summed E-state index contributed by atoms with van der Waals surface area (Å²) < 4.78 is 13.1. The third-order valence-corrected chi connectivity index (χ3v) is 4.32. The molecule has 4 rings (SSSR count). The van der Waals surface area contributed by atoms with Crippen LogP contribution in [-0.2, 0) is 6.42 Å². The Morgan fingerprint density at radius 3 is 2.63 bits per heavy atom. The van der Waals surface area contributed by atoms with E-state index in [1.807, 2.05) is 6.07 Å². The maximum Gasteiger partial charge on any atom is 0.181 e. The number of phenolic OH excluding ortho intramolecular Hbond substituents is 1. The van der Waals surface area contributed by atoms with E-state index in [2.05, 4.69) is 20.2 Å². The number of carbonyl (C=O) groups excluding carboxylic acids is 1. The maximum absolute atomic E-state index is 13.1. The molecule has 0 amide bonds. The van der Waals surface area contributed by atoms with Crippen molar-refractivity contribution in [3.63, 3.8) is 0 Å². The van der Waals surface area contributed by atoms with E-state index in [0.717, 1.165) is 11.1 Å². The molecule has 0 spiro atoms. The minimum Gasteiger partial charge on any atom is -0.505 e. The molecule has 0 unspecified atom stereocenters. The van der Waals surface area contributed by atoms with Gasteiger partial charge in [0.2, 0.25) is 0 Å². The first kappa shape index (κ1) is 16.8. The van der Waals surface area contributed by atoms with Gasteiger partial charge in [0.05, 0.1) is 5.56 Å². The second-order valence-corrected chi connectivity index (χ2v) is 6.27. The number of pyridine rings is 1. The van der Waals surface area contributed by atoms with Gasteiger partial charge in [-0.3, -0.25) is 14.9 Å². The molecular formula is C20H15FN4O2. The number of aromatic hydroxyl groups is 1. The van der Waals surface area contributed by atoms with Crippen molar-refractivity contribution in [1.82, 2.24) is 20.2 Å². The summed E-state index contributed by atoms with van der Waals surface area (Å²) in [6.45, 7) is 1.78. The van der Waals surface area contributed by atoms with Gasteiger partial charge in [-0.2, -0.15) is 5.10 Å². The first-order valence-corrected chi connectivity index (χ1v) is 8.29. The third-order valence-electron chi connectivity index (χ3n) is 4.32. The molecule has 6 nitrogen and oxygen atoms in total. The average Bonchev–Trinajstić information content (AvgIpc) is 3.10. The summed E-state index contributed by atoms with van der Waals surface area (Å²) in [4.78, 5) is 20.0. The number of halogens is 1. The van der Waals surface area contributed by atoms with Crippen LogP contribution < -0.4 is 0 Å². The maximum atomic E-state index is 13.1. The smallest absolute Gasteiger partial charge is 0.181 e. The Labute approximate surface area is 153 Å². The summed E-state index contributed by atoms with van der Waals surface area (Å²) in [5, 5.41) is 17.9. The normalized spacial score (nSPS) is 11.0. The van der Waals surface area contributed by atoms with Gasteiger partial charge in [0.15, 0.2) is 17.9 Å². The van der Waals surface area contributed by atoms with Crippen molar-refractivity contribution in [2.75, 3.05) is 0 Å². The van der Waals surface area contributed by atoms with Crippen LogP contribution in [0.5, 0.6) is 5.75 Å². The number of hydrogen-bond acceptors (Lipinski definition) is 5. The van der Waals surface area contributed by atoms with E-state index in [-0.39, 0.29) is 17.1 Å². The number of aromatic amines is 1. The van der Waals surface area contributed by atoms with Crippen molar-refractivity contribution < 1.29 is 14.3 Å². The van der Waals surface area contributed by atoms with Crippen molar-refractivity contribution in [3.05, 3.63) is 70.9 Å². The molecule has 0 bridgehead atoms. The van der Waals surface area contributed by atoms with Crippen molar-refractivity contribution in [2.24, 2.45) is 0 Å². The van der Waals surface area contributed by atoms with Crippen LogP contribution in [0, 0.1) is 12.7 Å². The SMILES string of the molecule is Cc1nc(-c2cc(C=O)c(O)c3ncc(Cc4ccc(F)cc4)cc23)n[nH]1. The monoisotopic (exact) mass is 362 g/mol. The van der Waals surface area contributed by atoms with Gasteiger partial charge in [-0.05, 0) is 48.7 Å². The lowest BCUT2D eigenvalue weighted by molar-refractivity contribution is 0.112. The number of carbonyl (C=O) groups is 1. The van der Waals surface area contributed by atoms with Gasteiger partial charge >= 0.3 is 0 Å². The van der Waals surface area contributed by atoms with Crippen molar-refractivity contribution in [3.8, 4) is 17.1 Å². The lowest BCUT2D eigenvalue weighted by Crippen LogP contribution is -1.95. The molecule has 0 aliphatic heterocycles. The van der Waals surface area contributed by atoms with E-state index in [1.165, 1.54) is 12.1 Å². The van der Waals surface area contributed by atoms with Crippen LogP contribution in [0.3, 0.4) is 0 Å². The Balaban J connectivity index is 1.88. The lowest BCUT2D eigenvalue weighted by Gasteiger charge is -2.10. The van der Waals surface area contributed by atoms with Crippen LogP contribution in [0.2, 0.25) is 0 Å². The first-order chi connectivity index (χ1) is 13.0. The Bertz CT molecular complexity index is 1150. The Kier molecular flexibility index (Phi) is 4.12. The Hall–Kier alpha value is -3.61. The van der Waals surface area contributed by atoms with E-state index >= 15 is 0 Å². The number of H-pyrrole nitrogens is 1. The Morgan fingerprint density at radius 1 is 1.19 bits per heavy atom. The van der Waals surface area contributed by atoms with E-state index in [0.29, 0.717) is 40.8 Å². The largest absolute Gasteiger partial charge is 0.505 e. The summed E-state index contributed by atoms with van der Waals surface area (Å²) in [6, 6.07) is 9.68. The second-order valence-electron chi connectivity index (χ2n) is 6.27. The van der Waals surface area contributed by atoms with Gasteiger partial charge < -0.3 is 5.11 Å². The number of aldehydes is 1. The fourth-order valence-corrected chi connectivity index (χ4v) is 3.01. The highest BCUT2D eigenvalue weighted by molar-refractivity contribution is 6.02. The minimum atomic E-state index is -0.288. The van der Waals surface area contributed by atoms with Crippen molar-refractivity contribution >= 4 is 17.2 Å². The molecule has 2 aromatic heterocycles. The summed E-state index contributed by atoms with van der Waals surface area (Å²) in [5.74, 6) is 0.587. The van der Waals surface area contributed by atoms with E-state index in [1.54, 1.807) is 31.3 Å². The lowest BCUT2D eigenvalue weighted by atomic mass is 9.99. The molecule has 0 fully saturated rings. The highest BCUT2D eigenvalue weighted by Gasteiger charge is 2.17. The number of hydrogen-bond donors (Lipinski definition) is 2. The number of aromatic nitrogens is 4. The van der Waals surface area contributed by atoms with Crippen LogP contribution in [0.15, 0.2) is 42.6 Å². The van der Waals surface area contributed by atoms with Gasteiger partial charge in [-0.15, -0.1) is 0 Å². The predicted octanol–water partition coefficient (Wildman–Crippen LogP) is 3.58. The molecule has 0 radical (unpaired) electrons. The number of rotatable bonds is 4. The van der Waals surface area contributed by atoms with Crippen LogP contribution in [-0.4, -0.2) is 31.6 Å². The molecule has 4 aromatic rings. The molecule has 0 saturated carbocycles. The van der Waals surface area contributed by atoms with Gasteiger partial charge in [0, 0.05) is 17.1 Å². The molecule has 0 saturated heterocycles. The zero-order chi connectivity index (χ0) is 19.0. The molecular weight excluding hydrogens is 347 g/mol. The molecule has 27 heavy (non-hydrogen) atoms. The molecule has 2 heterocycles.